The van der Waals surface area contributed by atoms with E-state index < -0.39 is 5.41 Å². The summed E-state index contributed by atoms with van der Waals surface area (Å²) >= 11 is 0. The SMILES string of the molecule is c1ccc(C2(c3ccccc3)c3ccccc3-c3ccc(-c4ccc5oc6cc7c(cc6c5c4)oc4ccc(-c5ccccc5-c5ccc6c8ccccc8c8ccccc8c6c5)cc47)cc32)cc1. The first-order valence-corrected chi connectivity index (χ1v) is 23.8. The molecule has 2 heterocycles. The van der Waals surface area contributed by atoms with E-state index in [2.05, 4.69) is 243 Å². The fourth-order valence-electron chi connectivity index (χ4n) is 12.1. The summed E-state index contributed by atoms with van der Waals surface area (Å²) in [7, 11) is 0. The summed E-state index contributed by atoms with van der Waals surface area (Å²) in [4.78, 5) is 0. The number of hydrogen-bond acceptors (Lipinski definition) is 2. The Balaban J connectivity index is 0.842. The molecule has 0 atom stereocenters. The van der Waals surface area contributed by atoms with E-state index in [4.69, 9.17) is 8.83 Å². The molecule has 2 nitrogen and oxygen atoms in total. The minimum absolute atomic E-state index is 0.465. The van der Waals surface area contributed by atoms with Crippen LogP contribution in [-0.2, 0) is 5.41 Å². The van der Waals surface area contributed by atoms with Gasteiger partial charge in [0, 0.05) is 21.5 Å². The van der Waals surface area contributed by atoms with Gasteiger partial charge in [-0.25, -0.2) is 0 Å². The zero-order chi connectivity index (χ0) is 45.2. The fourth-order valence-corrected chi connectivity index (χ4v) is 12.1. The van der Waals surface area contributed by atoms with E-state index in [0.717, 1.165) is 60.6 Å². The van der Waals surface area contributed by atoms with Crippen molar-refractivity contribution in [3.63, 3.8) is 0 Å². The highest BCUT2D eigenvalue weighted by molar-refractivity contribution is 6.26. The second kappa shape index (κ2) is 14.5. The van der Waals surface area contributed by atoms with Crippen molar-refractivity contribution < 1.29 is 8.83 Å². The van der Waals surface area contributed by atoms with Gasteiger partial charge in [0.2, 0.25) is 0 Å². The second-order valence-electron chi connectivity index (χ2n) is 18.7. The van der Waals surface area contributed by atoms with Crippen LogP contribution in [-0.4, -0.2) is 0 Å². The molecular formula is C67H40O2. The minimum Gasteiger partial charge on any atom is -0.456 e. The Morgan fingerprint density at radius 1 is 0.217 bits per heavy atom. The van der Waals surface area contributed by atoms with Crippen LogP contribution in [0.5, 0.6) is 0 Å². The van der Waals surface area contributed by atoms with Crippen molar-refractivity contribution in [2.45, 2.75) is 5.41 Å². The van der Waals surface area contributed by atoms with Crippen molar-refractivity contribution in [2.24, 2.45) is 0 Å². The third kappa shape index (κ3) is 5.49. The normalized spacial score (nSPS) is 13.0. The Bertz CT molecular complexity index is 4340. The van der Waals surface area contributed by atoms with Gasteiger partial charge in [0.05, 0.1) is 5.41 Å². The van der Waals surface area contributed by atoms with Crippen LogP contribution in [0.2, 0.25) is 0 Å². The molecule has 1 aliphatic rings. The Morgan fingerprint density at radius 3 is 1.20 bits per heavy atom. The molecule has 15 rings (SSSR count). The Hall–Kier alpha value is -8.98. The molecule has 0 aliphatic heterocycles. The summed E-state index contributed by atoms with van der Waals surface area (Å²) in [6, 6.07) is 88.8. The van der Waals surface area contributed by atoms with Gasteiger partial charge in [-0.3, -0.25) is 0 Å². The van der Waals surface area contributed by atoms with E-state index in [1.54, 1.807) is 0 Å². The standard InChI is InChI=1S/C67H40O2/c1-3-15-45(16-4-1)67(46-17-5-2-6-18-46)61-26-14-13-25-54(61)55-32-27-42(38-62(55)67)41-29-33-63-57(35-41)59-39-66-60(40-65(59)68-63)58-37-44(30-34-64(58)69-66)48-20-8-7-19-47(48)43-28-31-53-51-23-10-9-21-49(51)50-22-11-12-24-52(50)56(53)36-43/h1-40H. The number of benzene rings is 12. The lowest BCUT2D eigenvalue weighted by atomic mass is 9.67. The van der Waals surface area contributed by atoms with Gasteiger partial charge in [-0.15, -0.1) is 0 Å². The molecular weight excluding hydrogens is 837 g/mol. The van der Waals surface area contributed by atoms with Crippen molar-refractivity contribution >= 4 is 76.2 Å². The van der Waals surface area contributed by atoms with E-state index in [1.807, 2.05) is 0 Å². The maximum Gasteiger partial charge on any atom is 0.136 e. The first kappa shape index (κ1) is 38.2. The van der Waals surface area contributed by atoms with Gasteiger partial charge in [-0.05, 0) is 148 Å². The van der Waals surface area contributed by atoms with E-state index in [1.165, 1.54) is 82.4 Å². The summed E-state index contributed by atoms with van der Waals surface area (Å²) in [6.07, 6.45) is 0. The molecule has 12 aromatic carbocycles. The van der Waals surface area contributed by atoms with Gasteiger partial charge >= 0.3 is 0 Å². The van der Waals surface area contributed by atoms with Crippen molar-refractivity contribution in [1.29, 1.82) is 0 Å². The molecule has 0 bridgehead atoms. The first-order valence-electron chi connectivity index (χ1n) is 23.8. The van der Waals surface area contributed by atoms with Crippen molar-refractivity contribution in [3.05, 3.63) is 265 Å². The third-order valence-electron chi connectivity index (χ3n) is 15.1. The number of hydrogen-bond donors (Lipinski definition) is 0. The smallest absolute Gasteiger partial charge is 0.136 e. The molecule has 14 aromatic rings. The van der Waals surface area contributed by atoms with Crippen molar-refractivity contribution in [2.75, 3.05) is 0 Å². The number of furan rings is 2. The van der Waals surface area contributed by atoms with Crippen LogP contribution in [0, 0.1) is 0 Å². The molecule has 0 unspecified atom stereocenters. The molecule has 2 heteroatoms. The monoisotopic (exact) mass is 876 g/mol. The molecule has 0 saturated carbocycles. The van der Waals surface area contributed by atoms with Gasteiger partial charge in [0.25, 0.3) is 0 Å². The summed E-state index contributed by atoms with van der Waals surface area (Å²) in [5.41, 5.74) is 17.6. The molecule has 0 N–H and O–H groups in total. The van der Waals surface area contributed by atoms with Gasteiger partial charge in [-0.1, -0.05) is 194 Å². The van der Waals surface area contributed by atoms with Crippen molar-refractivity contribution in [3.8, 4) is 44.5 Å². The summed E-state index contributed by atoms with van der Waals surface area (Å²) in [5.74, 6) is 0. The van der Waals surface area contributed by atoms with E-state index in [-0.39, 0.29) is 0 Å². The van der Waals surface area contributed by atoms with Crippen LogP contribution in [0.25, 0.3) is 121 Å². The third-order valence-corrected chi connectivity index (χ3v) is 15.1. The van der Waals surface area contributed by atoms with Crippen LogP contribution in [0.15, 0.2) is 251 Å². The molecule has 0 radical (unpaired) electrons. The van der Waals surface area contributed by atoms with Crippen molar-refractivity contribution in [1.82, 2.24) is 0 Å². The average molecular weight is 877 g/mol. The molecule has 0 spiro atoms. The predicted molar refractivity (Wildman–Crippen MR) is 287 cm³/mol. The Labute approximate surface area is 397 Å². The van der Waals surface area contributed by atoms with Gasteiger partial charge in [-0.2, -0.15) is 0 Å². The Kier molecular flexibility index (Phi) is 8.02. The lowest BCUT2D eigenvalue weighted by Crippen LogP contribution is -2.28. The highest BCUT2D eigenvalue weighted by Crippen LogP contribution is 2.57. The lowest BCUT2D eigenvalue weighted by Gasteiger charge is -2.34. The van der Waals surface area contributed by atoms with Crippen LogP contribution < -0.4 is 0 Å². The fraction of sp³-hybridized carbons (Fsp3) is 0.0149. The average Bonchev–Trinajstić information content (AvgIpc) is 4.07. The van der Waals surface area contributed by atoms with E-state index in [9.17, 15) is 0 Å². The van der Waals surface area contributed by atoms with E-state index >= 15 is 0 Å². The van der Waals surface area contributed by atoms with Crippen LogP contribution in [0.4, 0.5) is 0 Å². The maximum atomic E-state index is 6.68. The lowest BCUT2D eigenvalue weighted by molar-refractivity contribution is 0.664. The first-order chi connectivity index (χ1) is 34.2. The summed E-state index contributed by atoms with van der Waals surface area (Å²) < 4.78 is 13.3. The maximum absolute atomic E-state index is 6.68. The van der Waals surface area contributed by atoms with Gasteiger partial charge in [0.15, 0.2) is 0 Å². The number of fused-ring (bicyclic) bond motifs is 15. The zero-order valence-corrected chi connectivity index (χ0v) is 37.4. The molecule has 0 saturated heterocycles. The second-order valence-corrected chi connectivity index (χ2v) is 18.7. The molecule has 69 heavy (non-hydrogen) atoms. The van der Waals surface area contributed by atoms with Crippen LogP contribution in [0.1, 0.15) is 22.3 Å². The largest absolute Gasteiger partial charge is 0.456 e. The summed E-state index contributed by atoms with van der Waals surface area (Å²) in [6.45, 7) is 0. The van der Waals surface area contributed by atoms with Gasteiger partial charge < -0.3 is 8.83 Å². The van der Waals surface area contributed by atoms with Crippen LogP contribution in [0.3, 0.4) is 0 Å². The Morgan fingerprint density at radius 2 is 0.609 bits per heavy atom. The molecule has 0 amide bonds. The van der Waals surface area contributed by atoms with Crippen LogP contribution >= 0.6 is 0 Å². The molecule has 2 aromatic heterocycles. The summed E-state index contributed by atoms with van der Waals surface area (Å²) in [5, 5.41) is 11.9. The highest BCUT2D eigenvalue weighted by Gasteiger charge is 2.46. The molecule has 1 aliphatic carbocycles. The molecule has 320 valence electrons. The topological polar surface area (TPSA) is 26.3 Å². The van der Waals surface area contributed by atoms with Gasteiger partial charge in [0.1, 0.15) is 22.3 Å². The molecule has 0 fully saturated rings. The van der Waals surface area contributed by atoms with E-state index in [0.29, 0.717) is 0 Å². The predicted octanol–water partition coefficient (Wildman–Crippen LogP) is 18.3. The number of rotatable bonds is 5. The zero-order valence-electron chi connectivity index (χ0n) is 37.4. The highest BCUT2D eigenvalue weighted by atomic mass is 16.3. The minimum atomic E-state index is -0.465. The quantitative estimate of drug-likeness (QED) is 0.161.